The molecular weight excluding hydrogens is 401 g/mol. The SMILES string of the molecule is CN(CC(=O)Nc1ccc(Cl)c(C(F)(F)F)c1)S(=O)(=O)c1cccs1. The van der Waals surface area contributed by atoms with Crippen LogP contribution in [0.2, 0.25) is 5.02 Å². The van der Waals surface area contributed by atoms with Gasteiger partial charge in [-0.05, 0) is 29.6 Å². The summed E-state index contributed by atoms with van der Waals surface area (Å²) in [7, 11) is -2.63. The second-order valence-corrected chi connectivity index (χ2v) is 8.56. The summed E-state index contributed by atoms with van der Waals surface area (Å²) < 4.78 is 63.7. The number of alkyl halides is 3. The number of carbonyl (C=O) groups is 1. The molecule has 1 amide bonds. The minimum absolute atomic E-state index is 0.0636. The van der Waals surface area contributed by atoms with Gasteiger partial charge in [0.25, 0.3) is 10.0 Å². The van der Waals surface area contributed by atoms with Crippen LogP contribution in [-0.4, -0.2) is 32.2 Å². The molecule has 0 saturated heterocycles. The number of likely N-dealkylation sites (N-methyl/N-ethyl adjacent to an activating group) is 1. The zero-order valence-corrected chi connectivity index (χ0v) is 15.1. The van der Waals surface area contributed by atoms with Gasteiger partial charge < -0.3 is 5.32 Å². The van der Waals surface area contributed by atoms with Crippen molar-refractivity contribution < 1.29 is 26.4 Å². The molecule has 5 nitrogen and oxygen atoms in total. The molecule has 0 aliphatic rings. The van der Waals surface area contributed by atoms with Crippen LogP contribution in [-0.2, 0) is 21.0 Å². The lowest BCUT2D eigenvalue weighted by molar-refractivity contribution is -0.137. The van der Waals surface area contributed by atoms with Crippen molar-refractivity contribution in [2.45, 2.75) is 10.4 Å². The van der Waals surface area contributed by atoms with Crippen molar-refractivity contribution in [1.82, 2.24) is 4.31 Å². The van der Waals surface area contributed by atoms with Crippen molar-refractivity contribution in [2.75, 3.05) is 18.9 Å². The van der Waals surface area contributed by atoms with Gasteiger partial charge >= 0.3 is 6.18 Å². The summed E-state index contributed by atoms with van der Waals surface area (Å²) in [6.07, 6.45) is -4.67. The van der Waals surface area contributed by atoms with Crippen molar-refractivity contribution in [1.29, 1.82) is 0 Å². The first-order chi connectivity index (χ1) is 11.5. The van der Waals surface area contributed by atoms with Crippen molar-refractivity contribution in [3.05, 3.63) is 46.3 Å². The highest BCUT2D eigenvalue weighted by atomic mass is 35.5. The first kappa shape index (κ1) is 19.7. The number of nitrogens with zero attached hydrogens (tertiary/aromatic N) is 1. The van der Waals surface area contributed by atoms with Crippen molar-refractivity contribution >= 4 is 44.6 Å². The molecule has 0 aliphatic carbocycles. The fourth-order valence-corrected chi connectivity index (χ4v) is 4.42. The van der Waals surface area contributed by atoms with E-state index in [2.05, 4.69) is 5.32 Å². The summed E-state index contributed by atoms with van der Waals surface area (Å²) in [6, 6.07) is 5.84. The first-order valence-corrected chi connectivity index (χ1v) is 9.38. The number of benzene rings is 1. The van der Waals surface area contributed by atoms with Gasteiger partial charge in [0, 0.05) is 12.7 Å². The number of halogens is 4. The van der Waals surface area contributed by atoms with Crippen LogP contribution >= 0.6 is 22.9 Å². The molecule has 2 rings (SSSR count). The largest absolute Gasteiger partial charge is 0.417 e. The quantitative estimate of drug-likeness (QED) is 0.814. The highest BCUT2D eigenvalue weighted by Crippen LogP contribution is 2.36. The van der Waals surface area contributed by atoms with Gasteiger partial charge in [0.15, 0.2) is 0 Å². The van der Waals surface area contributed by atoms with Crippen LogP contribution < -0.4 is 5.32 Å². The summed E-state index contributed by atoms with van der Waals surface area (Å²) in [5, 5.41) is 3.31. The molecule has 0 bridgehead atoms. The molecule has 0 radical (unpaired) electrons. The highest BCUT2D eigenvalue weighted by molar-refractivity contribution is 7.91. The number of anilines is 1. The Kier molecular flexibility index (Phi) is 5.77. The van der Waals surface area contributed by atoms with E-state index in [1.54, 1.807) is 11.4 Å². The number of hydrogen-bond donors (Lipinski definition) is 1. The molecule has 0 atom stereocenters. The van der Waals surface area contributed by atoms with Crippen molar-refractivity contribution in [3.63, 3.8) is 0 Å². The summed E-state index contributed by atoms with van der Waals surface area (Å²) in [5.74, 6) is -0.780. The molecule has 1 aromatic carbocycles. The third-order valence-corrected chi connectivity index (χ3v) is 6.59. The van der Waals surface area contributed by atoms with Gasteiger partial charge in [0.1, 0.15) is 4.21 Å². The Morgan fingerprint density at radius 1 is 1.32 bits per heavy atom. The van der Waals surface area contributed by atoms with E-state index in [0.29, 0.717) is 6.07 Å². The number of nitrogens with one attached hydrogen (secondary N) is 1. The summed E-state index contributed by atoms with van der Waals surface area (Å²) in [4.78, 5) is 12.0. The van der Waals surface area contributed by atoms with E-state index in [-0.39, 0.29) is 9.90 Å². The number of thiophene rings is 1. The minimum atomic E-state index is -4.67. The Balaban J connectivity index is 2.11. The maximum absolute atomic E-state index is 12.8. The van der Waals surface area contributed by atoms with Gasteiger partial charge in [-0.15, -0.1) is 11.3 Å². The molecule has 0 spiro atoms. The molecule has 0 unspecified atom stereocenters. The lowest BCUT2D eigenvalue weighted by Crippen LogP contribution is -2.34. The van der Waals surface area contributed by atoms with Gasteiger partial charge in [-0.2, -0.15) is 17.5 Å². The number of amides is 1. The lowest BCUT2D eigenvalue weighted by atomic mass is 10.2. The second kappa shape index (κ2) is 7.32. The molecule has 0 aliphatic heterocycles. The van der Waals surface area contributed by atoms with E-state index in [1.165, 1.54) is 19.2 Å². The van der Waals surface area contributed by atoms with Gasteiger partial charge in [-0.3, -0.25) is 4.79 Å². The Labute approximate surface area is 151 Å². The Morgan fingerprint density at radius 2 is 2.00 bits per heavy atom. The predicted molar refractivity (Wildman–Crippen MR) is 89.2 cm³/mol. The van der Waals surface area contributed by atoms with E-state index in [1.807, 2.05) is 0 Å². The summed E-state index contributed by atoms with van der Waals surface area (Å²) >= 11 is 6.49. The summed E-state index contributed by atoms with van der Waals surface area (Å²) in [6.45, 7) is -0.551. The average molecular weight is 413 g/mol. The number of carbonyl (C=O) groups excluding carboxylic acids is 1. The van der Waals surface area contributed by atoms with Crippen LogP contribution in [0.1, 0.15) is 5.56 Å². The number of sulfonamides is 1. The minimum Gasteiger partial charge on any atom is -0.325 e. The Morgan fingerprint density at radius 3 is 2.56 bits per heavy atom. The van der Waals surface area contributed by atoms with E-state index < -0.39 is 39.2 Å². The van der Waals surface area contributed by atoms with E-state index in [0.717, 1.165) is 21.7 Å². The van der Waals surface area contributed by atoms with Crippen LogP contribution in [0.25, 0.3) is 0 Å². The zero-order valence-electron chi connectivity index (χ0n) is 12.7. The topological polar surface area (TPSA) is 66.5 Å². The molecule has 25 heavy (non-hydrogen) atoms. The fraction of sp³-hybridized carbons (Fsp3) is 0.214. The van der Waals surface area contributed by atoms with Gasteiger partial charge in [-0.25, -0.2) is 8.42 Å². The zero-order chi connectivity index (χ0) is 18.8. The third kappa shape index (κ3) is 4.72. The first-order valence-electron chi connectivity index (χ1n) is 6.68. The fourth-order valence-electron chi connectivity index (χ4n) is 1.87. The van der Waals surface area contributed by atoms with E-state index in [4.69, 9.17) is 11.6 Å². The molecule has 11 heteroatoms. The van der Waals surface area contributed by atoms with Crippen LogP contribution in [0.3, 0.4) is 0 Å². The van der Waals surface area contributed by atoms with Crippen LogP contribution in [0.5, 0.6) is 0 Å². The molecule has 1 aromatic heterocycles. The molecule has 0 fully saturated rings. The molecule has 1 N–H and O–H groups in total. The van der Waals surface area contributed by atoms with Gasteiger partial charge in [0.2, 0.25) is 5.91 Å². The Bertz CT molecular complexity index is 868. The van der Waals surface area contributed by atoms with Crippen LogP contribution in [0.15, 0.2) is 39.9 Å². The maximum Gasteiger partial charge on any atom is 0.417 e. The summed E-state index contributed by atoms with van der Waals surface area (Å²) in [5.41, 5.74) is -1.23. The average Bonchev–Trinajstić information content (AvgIpc) is 3.03. The smallest absolute Gasteiger partial charge is 0.325 e. The molecule has 2 aromatic rings. The van der Waals surface area contributed by atoms with Crippen molar-refractivity contribution in [2.24, 2.45) is 0 Å². The van der Waals surface area contributed by atoms with Gasteiger partial charge in [0.05, 0.1) is 17.1 Å². The highest BCUT2D eigenvalue weighted by Gasteiger charge is 2.33. The molecular formula is C14H12ClF3N2O3S2. The molecule has 1 heterocycles. The number of hydrogen-bond acceptors (Lipinski definition) is 4. The normalized spacial score (nSPS) is 12.4. The standard InChI is InChI=1S/C14H12ClF3N2O3S2/c1-20(25(22,23)13-3-2-6-24-13)8-12(21)19-9-4-5-11(15)10(7-9)14(16,17)18/h2-7H,8H2,1H3,(H,19,21). The second-order valence-electron chi connectivity index (χ2n) is 4.93. The molecule has 0 saturated carbocycles. The maximum atomic E-state index is 12.8. The van der Waals surface area contributed by atoms with E-state index in [9.17, 15) is 26.4 Å². The van der Waals surface area contributed by atoms with Crippen LogP contribution in [0.4, 0.5) is 18.9 Å². The van der Waals surface area contributed by atoms with E-state index >= 15 is 0 Å². The third-order valence-electron chi connectivity index (χ3n) is 3.08. The monoisotopic (exact) mass is 412 g/mol. The number of rotatable bonds is 5. The molecule has 136 valence electrons. The van der Waals surface area contributed by atoms with Crippen molar-refractivity contribution in [3.8, 4) is 0 Å². The lowest BCUT2D eigenvalue weighted by Gasteiger charge is -2.16. The van der Waals surface area contributed by atoms with Crippen LogP contribution in [0, 0.1) is 0 Å². The predicted octanol–water partition coefficient (Wildman–Crippen LogP) is 3.68. The van der Waals surface area contributed by atoms with Gasteiger partial charge in [-0.1, -0.05) is 17.7 Å². The Hall–Kier alpha value is -1.62.